The summed E-state index contributed by atoms with van der Waals surface area (Å²) < 4.78 is 5.34. The summed E-state index contributed by atoms with van der Waals surface area (Å²) >= 11 is 7.52. The molecule has 2 amide bonds. The quantitative estimate of drug-likeness (QED) is 0.147. The van der Waals surface area contributed by atoms with Crippen LogP contribution in [0.3, 0.4) is 0 Å². The maximum atomic E-state index is 13.2. The highest BCUT2D eigenvalue weighted by molar-refractivity contribution is 7.99. The molecule has 38 heavy (non-hydrogen) atoms. The van der Waals surface area contributed by atoms with Crippen LogP contribution in [0.5, 0.6) is 0 Å². The van der Waals surface area contributed by atoms with Crippen LogP contribution >= 0.6 is 23.4 Å². The van der Waals surface area contributed by atoms with E-state index < -0.39 is 29.7 Å². The van der Waals surface area contributed by atoms with Crippen molar-refractivity contribution < 1.29 is 23.9 Å². The molecule has 188 valence electrons. The van der Waals surface area contributed by atoms with Gasteiger partial charge in [0.1, 0.15) is 0 Å². The van der Waals surface area contributed by atoms with Gasteiger partial charge in [0.2, 0.25) is 5.78 Å². The molecule has 5 rings (SSSR count). The van der Waals surface area contributed by atoms with Gasteiger partial charge >= 0.3 is 5.97 Å². The van der Waals surface area contributed by atoms with Crippen LogP contribution in [0.1, 0.15) is 48.4 Å². The Morgan fingerprint density at radius 3 is 2.16 bits per heavy atom. The highest BCUT2D eigenvalue weighted by Crippen LogP contribution is 2.33. The van der Waals surface area contributed by atoms with Crippen molar-refractivity contribution in [2.75, 3.05) is 4.90 Å². The van der Waals surface area contributed by atoms with Gasteiger partial charge in [-0.1, -0.05) is 53.7 Å². The fourth-order valence-corrected chi connectivity index (χ4v) is 5.08. The minimum atomic E-state index is -1.07. The SMILES string of the molecule is CC(OC(=O)c1ccc2c(c1)C(=O)N(c1ccc(Sc3ccccc3)cc1)C2=O)C(=O)c1cccc(Cl)c1. The lowest BCUT2D eigenvalue weighted by atomic mass is 10.1. The predicted molar refractivity (Wildman–Crippen MR) is 145 cm³/mol. The number of rotatable bonds is 7. The summed E-state index contributed by atoms with van der Waals surface area (Å²) in [5.74, 6) is -2.20. The third-order valence-corrected chi connectivity index (χ3v) is 7.21. The van der Waals surface area contributed by atoms with E-state index >= 15 is 0 Å². The Hall–Kier alpha value is -4.20. The number of benzene rings is 4. The minimum Gasteiger partial charge on any atom is -0.451 e. The number of amides is 2. The van der Waals surface area contributed by atoms with Crippen molar-refractivity contribution >= 4 is 52.6 Å². The van der Waals surface area contributed by atoms with Crippen molar-refractivity contribution in [1.29, 1.82) is 0 Å². The monoisotopic (exact) mass is 541 g/mol. The normalized spacial score (nSPS) is 13.3. The first-order valence-electron chi connectivity index (χ1n) is 11.7. The summed E-state index contributed by atoms with van der Waals surface area (Å²) in [5.41, 5.74) is 1.10. The molecular formula is C30H20ClNO5S. The molecule has 1 aliphatic heterocycles. The third kappa shape index (κ3) is 5.11. The van der Waals surface area contributed by atoms with Gasteiger partial charge in [0.25, 0.3) is 11.8 Å². The lowest BCUT2D eigenvalue weighted by Crippen LogP contribution is -2.29. The Bertz CT molecular complexity index is 1570. The summed E-state index contributed by atoms with van der Waals surface area (Å²) in [6.45, 7) is 1.46. The third-order valence-electron chi connectivity index (χ3n) is 5.96. The predicted octanol–water partition coefficient (Wildman–Crippen LogP) is 6.72. The van der Waals surface area contributed by atoms with Crippen LogP contribution in [0.25, 0.3) is 0 Å². The van der Waals surface area contributed by atoms with Gasteiger partial charge in [-0.2, -0.15) is 0 Å². The molecule has 6 nitrogen and oxygen atoms in total. The molecule has 0 saturated carbocycles. The van der Waals surface area contributed by atoms with Crippen LogP contribution in [-0.4, -0.2) is 29.7 Å². The number of hydrogen-bond donors (Lipinski definition) is 0. The molecule has 8 heteroatoms. The number of Topliss-reactive ketones (excluding diaryl/α,β-unsaturated/α-hetero) is 1. The smallest absolute Gasteiger partial charge is 0.338 e. The number of carbonyl (C=O) groups is 4. The van der Waals surface area contributed by atoms with Gasteiger partial charge in [0.15, 0.2) is 6.10 Å². The molecule has 0 saturated heterocycles. The number of imide groups is 1. The number of carbonyl (C=O) groups excluding carboxylic acids is 4. The van der Waals surface area contributed by atoms with E-state index in [4.69, 9.17) is 16.3 Å². The van der Waals surface area contributed by atoms with E-state index in [0.29, 0.717) is 16.3 Å². The number of halogens is 1. The van der Waals surface area contributed by atoms with Crippen molar-refractivity contribution in [2.24, 2.45) is 0 Å². The first-order chi connectivity index (χ1) is 18.3. The topological polar surface area (TPSA) is 80.8 Å². The van der Waals surface area contributed by atoms with Crippen LogP contribution in [0.15, 0.2) is 107 Å². The van der Waals surface area contributed by atoms with Crippen LogP contribution in [0.4, 0.5) is 5.69 Å². The van der Waals surface area contributed by atoms with Crippen LogP contribution in [0.2, 0.25) is 5.02 Å². The number of nitrogens with zero attached hydrogens (tertiary/aromatic N) is 1. The van der Waals surface area contributed by atoms with E-state index in [-0.39, 0.29) is 16.7 Å². The molecule has 1 unspecified atom stereocenters. The van der Waals surface area contributed by atoms with E-state index in [0.717, 1.165) is 14.7 Å². The second kappa shape index (κ2) is 10.7. The zero-order chi connectivity index (χ0) is 26.8. The highest BCUT2D eigenvalue weighted by atomic mass is 35.5. The Morgan fingerprint density at radius 1 is 0.763 bits per heavy atom. The molecule has 4 aromatic rings. The molecular weight excluding hydrogens is 522 g/mol. The number of anilines is 1. The Labute approximate surface area is 228 Å². The van der Waals surface area contributed by atoms with Gasteiger partial charge in [0, 0.05) is 20.4 Å². The van der Waals surface area contributed by atoms with E-state index in [9.17, 15) is 19.2 Å². The van der Waals surface area contributed by atoms with Gasteiger partial charge in [-0.15, -0.1) is 0 Å². The van der Waals surface area contributed by atoms with E-state index in [1.165, 1.54) is 31.2 Å². The largest absolute Gasteiger partial charge is 0.451 e. The lowest BCUT2D eigenvalue weighted by Gasteiger charge is -2.14. The van der Waals surface area contributed by atoms with Crippen molar-refractivity contribution in [2.45, 2.75) is 22.8 Å². The van der Waals surface area contributed by atoms with Gasteiger partial charge < -0.3 is 4.74 Å². The molecule has 0 spiro atoms. The molecule has 1 aliphatic rings. The van der Waals surface area contributed by atoms with E-state index in [1.54, 1.807) is 42.1 Å². The van der Waals surface area contributed by atoms with Crippen molar-refractivity contribution in [3.05, 3.63) is 124 Å². The summed E-state index contributed by atoms with van der Waals surface area (Å²) in [5, 5.41) is 0.394. The maximum Gasteiger partial charge on any atom is 0.338 e. The average molecular weight is 542 g/mol. The standard InChI is InChI=1S/C30H20ClNO5S/c1-18(27(33)19-6-5-7-21(31)16-19)37-30(36)20-10-15-25-26(17-20)29(35)32(28(25)34)22-11-13-24(14-12-22)38-23-8-3-2-4-9-23/h2-18H,1H3. The first kappa shape index (κ1) is 25.4. The molecule has 4 aromatic carbocycles. The summed E-state index contributed by atoms with van der Waals surface area (Å²) in [7, 11) is 0. The van der Waals surface area contributed by atoms with Gasteiger partial charge in [-0.25, -0.2) is 9.69 Å². The lowest BCUT2D eigenvalue weighted by molar-refractivity contribution is 0.0318. The summed E-state index contributed by atoms with van der Waals surface area (Å²) in [6.07, 6.45) is -1.07. The van der Waals surface area contributed by atoms with E-state index in [1.807, 2.05) is 42.5 Å². The van der Waals surface area contributed by atoms with Gasteiger partial charge in [-0.3, -0.25) is 14.4 Å². The summed E-state index contributed by atoms with van der Waals surface area (Å²) in [6, 6.07) is 27.5. The fraction of sp³-hybridized carbons (Fsp3) is 0.0667. The number of hydrogen-bond acceptors (Lipinski definition) is 6. The van der Waals surface area contributed by atoms with Gasteiger partial charge in [0.05, 0.1) is 22.4 Å². The maximum absolute atomic E-state index is 13.2. The average Bonchev–Trinajstić information content (AvgIpc) is 3.18. The second-order valence-corrected chi connectivity index (χ2v) is 10.1. The highest BCUT2D eigenvalue weighted by Gasteiger charge is 2.37. The second-order valence-electron chi connectivity index (χ2n) is 8.54. The molecule has 0 aliphatic carbocycles. The first-order valence-corrected chi connectivity index (χ1v) is 12.9. The number of fused-ring (bicyclic) bond motifs is 1. The molecule has 0 aromatic heterocycles. The molecule has 0 fully saturated rings. The van der Waals surface area contributed by atoms with Crippen molar-refractivity contribution in [1.82, 2.24) is 0 Å². The Kier molecular flexibility index (Phi) is 7.13. The molecule has 1 heterocycles. The molecule has 0 radical (unpaired) electrons. The zero-order valence-corrected chi connectivity index (χ0v) is 21.7. The van der Waals surface area contributed by atoms with Gasteiger partial charge in [-0.05, 0) is 73.7 Å². The van der Waals surface area contributed by atoms with Crippen molar-refractivity contribution in [3.8, 4) is 0 Å². The Morgan fingerprint density at radius 2 is 1.45 bits per heavy atom. The Balaban J connectivity index is 1.31. The van der Waals surface area contributed by atoms with Crippen LogP contribution < -0.4 is 4.90 Å². The minimum absolute atomic E-state index is 0.0621. The van der Waals surface area contributed by atoms with Crippen LogP contribution in [-0.2, 0) is 4.74 Å². The fourth-order valence-electron chi connectivity index (χ4n) is 4.05. The molecule has 0 bridgehead atoms. The van der Waals surface area contributed by atoms with Crippen LogP contribution in [0, 0.1) is 0 Å². The number of ketones is 1. The number of esters is 1. The number of ether oxygens (including phenoxy) is 1. The van der Waals surface area contributed by atoms with E-state index in [2.05, 4.69) is 0 Å². The molecule has 1 atom stereocenters. The zero-order valence-electron chi connectivity index (χ0n) is 20.1. The summed E-state index contributed by atoms with van der Waals surface area (Å²) in [4.78, 5) is 54.8. The molecule has 0 N–H and O–H groups in total. The van der Waals surface area contributed by atoms with Crippen molar-refractivity contribution in [3.63, 3.8) is 0 Å².